The van der Waals surface area contributed by atoms with E-state index >= 15 is 0 Å². The molecule has 4 aromatic rings. The molecular weight excluding hydrogens is 453 g/mol. The van der Waals surface area contributed by atoms with Gasteiger partial charge in [-0.15, -0.1) is 0 Å². The Hall–Kier alpha value is -3.45. The van der Waals surface area contributed by atoms with Crippen LogP contribution in [0.1, 0.15) is 40.3 Å². The standard InChI is InChI=1S/C26H25ClFN5O/c1-16-17(2)33(20-8-4-3-5-9-20)25-22(16)24(32-12-6-7-13-32)30-23(31-25)26(34)29-15-18-10-11-19(28)14-21(18)27/h3-5,8-11,14H,6-7,12-13,15H2,1-2H3,(H,29,34). The zero-order chi connectivity index (χ0) is 23.8. The summed E-state index contributed by atoms with van der Waals surface area (Å²) in [5.74, 6) is 0.0699. The van der Waals surface area contributed by atoms with Gasteiger partial charge in [-0.3, -0.25) is 9.36 Å². The molecule has 1 N–H and O–H groups in total. The van der Waals surface area contributed by atoms with Gasteiger partial charge in [0.2, 0.25) is 5.82 Å². The van der Waals surface area contributed by atoms with Gasteiger partial charge in [-0.1, -0.05) is 35.9 Å². The molecular formula is C26H25ClFN5O. The smallest absolute Gasteiger partial charge is 0.289 e. The lowest BCUT2D eigenvalue weighted by Gasteiger charge is -2.19. The molecule has 2 aromatic carbocycles. The number of halogens is 2. The number of fused-ring (bicyclic) bond motifs is 1. The number of carbonyl (C=O) groups is 1. The van der Waals surface area contributed by atoms with Gasteiger partial charge in [0.15, 0.2) is 5.65 Å². The van der Waals surface area contributed by atoms with Crippen LogP contribution >= 0.6 is 11.6 Å². The largest absolute Gasteiger partial charge is 0.356 e. The van der Waals surface area contributed by atoms with Crippen molar-refractivity contribution in [3.63, 3.8) is 0 Å². The first-order valence-corrected chi connectivity index (χ1v) is 11.7. The molecule has 0 aliphatic carbocycles. The molecule has 0 saturated carbocycles. The normalized spacial score (nSPS) is 13.6. The van der Waals surface area contributed by atoms with E-state index in [1.165, 1.54) is 12.1 Å². The highest BCUT2D eigenvalue weighted by Gasteiger charge is 2.26. The van der Waals surface area contributed by atoms with Gasteiger partial charge in [0.25, 0.3) is 5.91 Å². The second-order valence-corrected chi connectivity index (χ2v) is 8.97. The van der Waals surface area contributed by atoms with E-state index in [2.05, 4.69) is 28.6 Å². The summed E-state index contributed by atoms with van der Waals surface area (Å²) in [6, 6.07) is 14.1. The zero-order valence-electron chi connectivity index (χ0n) is 19.1. The van der Waals surface area contributed by atoms with Crippen LogP contribution in [0.15, 0.2) is 48.5 Å². The van der Waals surface area contributed by atoms with E-state index in [0.717, 1.165) is 54.1 Å². The Balaban J connectivity index is 1.60. The van der Waals surface area contributed by atoms with Gasteiger partial charge in [-0.05, 0) is 62.1 Å². The number of amides is 1. The number of aromatic nitrogens is 3. The molecule has 1 aliphatic rings. The molecule has 0 radical (unpaired) electrons. The molecule has 0 unspecified atom stereocenters. The van der Waals surface area contributed by atoms with Crippen LogP contribution in [0.5, 0.6) is 0 Å². The number of hydrogen-bond acceptors (Lipinski definition) is 4. The second-order valence-electron chi connectivity index (χ2n) is 8.56. The Kier molecular flexibility index (Phi) is 5.96. The zero-order valence-corrected chi connectivity index (χ0v) is 19.9. The first kappa shape index (κ1) is 22.3. The van der Waals surface area contributed by atoms with E-state index in [4.69, 9.17) is 21.6 Å². The van der Waals surface area contributed by atoms with Gasteiger partial charge in [-0.2, -0.15) is 0 Å². The molecule has 8 heteroatoms. The highest BCUT2D eigenvalue weighted by atomic mass is 35.5. The van der Waals surface area contributed by atoms with Crippen LogP contribution in [0.4, 0.5) is 10.2 Å². The van der Waals surface area contributed by atoms with E-state index < -0.39 is 11.7 Å². The Morgan fingerprint density at radius 1 is 1.09 bits per heavy atom. The van der Waals surface area contributed by atoms with Crippen molar-refractivity contribution in [1.29, 1.82) is 0 Å². The summed E-state index contributed by atoms with van der Waals surface area (Å²) in [4.78, 5) is 24.9. The van der Waals surface area contributed by atoms with E-state index in [9.17, 15) is 9.18 Å². The van der Waals surface area contributed by atoms with Crippen LogP contribution in [0.2, 0.25) is 5.02 Å². The molecule has 5 rings (SSSR count). The van der Waals surface area contributed by atoms with Crippen molar-refractivity contribution in [2.45, 2.75) is 33.2 Å². The van der Waals surface area contributed by atoms with E-state index in [0.29, 0.717) is 11.2 Å². The van der Waals surface area contributed by atoms with Crippen molar-refractivity contribution in [3.8, 4) is 5.69 Å². The summed E-state index contributed by atoms with van der Waals surface area (Å²) < 4.78 is 15.4. The molecule has 1 saturated heterocycles. The number of carbonyl (C=O) groups excluding carboxylic acids is 1. The fourth-order valence-corrected chi connectivity index (χ4v) is 4.75. The average Bonchev–Trinajstić information content (AvgIpc) is 3.46. The third kappa shape index (κ3) is 4.01. The molecule has 1 amide bonds. The molecule has 2 aromatic heterocycles. The highest BCUT2D eigenvalue weighted by Crippen LogP contribution is 2.35. The lowest BCUT2D eigenvalue weighted by molar-refractivity contribution is 0.0941. The van der Waals surface area contributed by atoms with Crippen molar-refractivity contribution >= 4 is 34.4 Å². The minimum absolute atomic E-state index is 0.0994. The molecule has 1 aliphatic heterocycles. The number of hydrogen-bond donors (Lipinski definition) is 1. The monoisotopic (exact) mass is 477 g/mol. The summed E-state index contributed by atoms with van der Waals surface area (Å²) in [6.07, 6.45) is 2.18. The van der Waals surface area contributed by atoms with Crippen molar-refractivity contribution in [1.82, 2.24) is 19.9 Å². The fraction of sp³-hybridized carbons (Fsp3) is 0.269. The van der Waals surface area contributed by atoms with Crippen molar-refractivity contribution in [3.05, 3.63) is 82.0 Å². The third-order valence-corrected chi connectivity index (χ3v) is 6.77. The molecule has 1 fully saturated rings. The Bertz CT molecular complexity index is 1380. The predicted octanol–water partition coefficient (Wildman–Crippen LogP) is 5.36. The lowest BCUT2D eigenvalue weighted by atomic mass is 10.2. The first-order chi connectivity index (χ1) is 16.4. The van der Waals surface area contributed by atoms with Gasteiger partial charge in [-0.25, -0.2) is 14.4 Å². The predicted molar refractivity (Wildman–Crippen MR) is 132 cm³/mol. The van der Waals surface area contributed by atoms with Crippen LogP contribution in [-0.2, 0) is 6.54 Å². The Morgan fingerprint density at radius 3 is 2.53 bits per heavy atom. The third-order valence-electron chi connectivity index (χ3n) is 6.41. The van der Waals surface area contributed by atoms with Gasteiger partial charge >= 0.3 is 0 Å². The Labute approximate surface area is 202 Å². The summed E-state index contributed by atoms with van der Waals surface area (Å²) >= 11 is 6.12. The molecule has 34 heavy (non-hydrogen) atoms. The minimum atomic E-state index is -0.420. The fourth-order valence-electron chi connectivity index (χ4n) is 4.51. The highest BCUT2D eigenvalue weighted by molar-refractivity contribution is 6.31. The molecule has 0 bridgehead atoms. The number of nitrogens with zero attached hydrogens (tertiary/aromatic N) is 4. The number of anilines is 1. The maximum atomic E-state index is 13.4. The Morgan fingerprint density at radius 2 is 1.82 bits per heavy atom. The summed E-state index contributed by atoms with van der Waals surface area (Å²) in [5, 5.41) is 4.08. The maximum absolute atomic E-state index is 13.4. The number of nitrogens with one attached hydrogen (secondary N) is 1. The van der Waals surface area contributed by atoms with Crippen molar-refractivity contribution in [2.24, 2.45) is 0 Å². The van der Waals surface area contributed by atoms with E-state index in [1.54, 1.807) is 6.07 Å². The number of rotatable bonds is 5. The molecule has 0 spiro atoms. The van der Waals surface area contributed by atoms with Crippen LogP contribution < -0.4 is 10.2 Å². The summed E-state index contributed by atoms with van der Waals surface area (Å²) in [6.45, 7) is 6.08. The number of aryl methyl sites for hydroxylation is 1. The van der Waals surface area contributed by atoms with Gasteiger partial charge in [0.1, 0.15) is 11.6 Å². The van der Waals surface area contributed by atoms with Crippen molar-refractivity contribution < 1.29 is 9.18 Å². The van der Waals surface area contributed by atoms with Gasteiger partial charge in [0.05, 0.1) is 5.39 Å². The number of para-hydroxylation sites is 1. The summed E-state index contributed by atoms with van der Waals surface area (Å²) in [7, 11) is 0. The maximum Gasteiger partial charge on any atom is 0.289 e. The van der Waals surface area contributed by atoms with E-state index in [1.807, 2.05) is 30.3 Å². The average molecular weight is 478 g/mol. The van der Waals surface area contributed by atoms with Crippen LogP contribution in [0.25, 0.3) is 16.7 Å². The number of benzene rings is 2. The van der Waals surface area contributed by atoms with Crippen LogP contribution in [0, 0.1) is 19.7 Å². The first-order valence-electron chi connectivity index (χ1n) is 11.4. The molecule has 174 valence electrons. The SMILES string of the molecule is Cc1c(C)n(-c2ccccc2)c2nc(C(=O)NCc3ccc(F)cc3Cl)nc(N3CCCC3)c12. The second kappa shape index (κ2) is 9.06. The van der Waals surface area contributed by atoms with Gasteiger partial charge in [0, 0.05) is 36.0 Å². The lowest BCUT2D eigenvalue weighted by Crippen LogP contribution is -2.27. The van der Waals surface area contributed by atoms with E-state index in [-0.39, 0.29) is 17.4 Å². The van der Waals surface area contributed by atoms with Crippen LogP contribution in [0.3, 0.4) is 0 Å². The topological polar surface area (TPSA) is 63.1 Å². The molecule has 3 heterocycles. The van der Waals surface area contributed by atoms with Crippen molar-refractivity contribution in [2.75, 3.05) is 18.0 Å². The van der Waals surface area contributed by atoms with Gasteiger partial charge < -0.3 is 10.2 Å². The molecule has 6 nitrogen and oxygen atoms in total. The summed E-state index contributed by atoms with van der Waals surface area (Å²) in [5.41, 5.74) is 4.48. The molecule has 0 atom stereocenters. The minimum Gasteiger partial charge on any atom is -0.356 e. The quantitative estimate of drug-likeness (QED) is 0.420. The van der Waals surface area contributed by atoms with Crippen LogP contribution in [-0.4, -0.2) is 33.5 Å².